The molecule has 5 heteroatoms. The molecule has 0 radical (unpaired) electrons. The van der Waals surface area contributed by atoms with E-state index < -0.39 is 0 Å². The molecular formula is C49H61NO4. The second kappa shape index (κ2) is 21.1. The third-order valence-electron chi connectivity index (χ3n) is 9.64. The number of rotatable bonds is 22. The van der Waals surface area contributed by atoms with Gasteiger partial charge in [0.2, 0.25) is 0 Å². The molecule has 0 spiro atoms. The van der Waals surface area contributed by atoms with E-state index in [0.29, 0.717) is 32.3 Å². The Morgan fingerprint density at radius 2 is 0.778 bits per heavy atom. The van der Waals surface area contributed by atoms with Gasteiger partial charge in [-0.3, -0.25) is 0 Å². The minimum Gasteiger partial charge on any atom is -0.493 e. The summed E-state index contributed by atoms with van der Waals surface area (Å²) in [5.41, 5.74) is 8.92. The van der Waals surface area contributed by atoms with Crippen molar-refractivity contribution in [3.05, 3.63) is 115 Å². The van der Waals surface area contributed by atoms with Gasteiger partial charge in [0.05, 0.1) is 26.4 Å². The van der Waals surface area contributed by atoms with Crippen molar-refractivity contribution in [1.82, 2.24) is 0 Å². The van der Waals surface area contributed by atoms with Crippen LogP contribution in [0.3, 0.4) is 0 Å². The second-order valence-corrected chi connectivity index (χ2v) is 14.3. The number of nitrogens with zero attached hydrogens (tertiary/aromatic N) is 1. The molecule has 5 rings (SSSR count). The van der Waals surface area contributed by atoms with Crippen LogP contribution in [0.15, 0.2) is 109 Å². The average molecular weight is 728 g/mol. The first-order valence-corrected chi connectivity index (χ1v) is 20.4. The van der Waals surface area contributed by atoms with Crippen molar-refractivity contribution in [3.8, 4) is 45.3 Å². The highest BCUT2D eigenvalue weighted by molar-refractivity contribution is 5.81. The van der Waals surface area contributed by atoms with Crippen LogP contribution in [0.1, 0.15) is 104 Å². The molecule has 0 aromatic heterocycles. The van der Waals surface area contributed by atoms with Crippen molar-refractivity contribution >= 4 is 17.1 Å². The van der Waals surface area contributed by atoms with Gasteiger partial charge in [0.1, 0.15) is 23.0 Å². The van der Waals surface area contributed by atoms with Crippen LogP contribution >= 0.6 is 0 Å². The van der Waals surface area contributed by atoms with E-state index in [1.807, 2.05) is 12.1 Å². The molecule has 0 aliphatic carbocycles. The minimum absolute atomic E-state index is 0.459. The lowest BCUT2D eigenvalue weighted by molar-refractivity contribution is 0.294. The standard InChI is InChI=1S/C49H61NO4/c1-7-11-31-51-44-27-29-46(48(35-44)53-33-13-9-3)39-17-23-42(24-18-39)50(41-21-15-38(16-22-41)37(5)6)43-25-19-40(20-26-43)47-30-28-45(52-32-12-8-2)36-49(47)54-34-14-10-4/h15-30,35-37H,7-14,31-34H2,1-6H3. The Morgan fingerprint density at radius 1 is 0.426 bits per heavy atom. The Kier molecular flexibility index (Phi) is 15.7. The summed E-state index contributed by atoms with van der Waals surface area (Å²) in [6, 6.07) is 39.0. The first-order valence-electron chi connectivity index (χ1n) is 20.4. The molecular weight excluding hydrogens is 667 g/mol. The van der Waals surface area contributed by atoms with Gasteiger partial charge in [-0.25, -0.2) is 0 Å². The Balaban J connectivity index is 1.48. The highest BCUT2D eigenvalue weighted by atomic mass is 16.5. The largest absolute Gasteiger partial charge is 0.493 e. The third kappa shape index (κ3) is 11.1. The molecule has 0 saturated heterocycles. The van der Waals surface area contributed by atoms with Gasteiger partial charge in [0.15, 0.2) is 0 Å². The summed E-state index contributed by atoms with van der Waals surface area (Å²) >= 11 is 0. The summed E-state index contributed by atoms with van der Waals surface area (Å²) in [6.07, 6.45) is 8.45. The van der Waals surface area contributed by atoms with Gasteiger partial charge >= 0.3 is 0 Å². The molecule has 5 aromatic rings. The number of hydrogen-bond donors (Lipinski definition) is 0. The molecule has 0 N–H and O–H groups in total. The van der Waals surface area contributed by atoms with Crippen LogP contribution in [0.4, 0.5) is 17.1 Å². The maximum Gasteiger partial charge on any atom is 0.130 e. The molecule has 5 nitrogen and oxygen atoms in total. The van der Waals surface area contributed by atoms with Gasteiger partial charge in [-0.2, -0.15) is 0 Å². The molecule has 54 heavy (non-hydrogen) atoms. The van der Waals surface area contributed by atoms with Gasteiger partial charge in [0, 0.05) is 40.3 Å². The molecule has 0 bridgehead atoms. The summed E-state index contributed by atoms with van der Waals surface area (Å²) in [5, 5.41) is 0. The van der Waals surface area contributed by atoms with E-state index in [1.54, 1.807) is 0 Å². The maximum atomic E-state index is 6.33. The number of benzene rings is 5. The minimum atomic E-state index is 0.459. The van der Waals surface area contributed by atoms with Crippen LogP contribution in [-0.4, -0.2) is 26.4 Å². The quantitative estimate of drug-likeness (QED) is 0.0664. The molecule has 0 amide bonds. The zero-order valence-electron chi connectivity index (χ0n) is 33.5. The van der Waals surface area contributed by atoms with E-state index in [4.69, 9.17) is 18.9 Å². The van der Waals surface area contributed by atoms with E-state index in [-0.39, 0.29) is 0 Å². The van der Waals surface area contributed by atoms with Gasteiger partial charge in [-0.15, -0.1) is 0 Å². The number of ether oxygens (including phenoxy) is 4. The smallest absolute Gasteiger partial charge is 0.130 e. The van der Waals surface area contributed by atoms with Gasteiger partial charge in [0.25, 0.3) is 0 Å². The summed E-state index contributed by atoms with van der Waals surface area (Å²) < 4.78 is 24.8. The predicted molar refractivity (Wildman–Crippen MR) is 228 cm³/mol. The van der Waals surface area contributed by atoms with Crippen molar-refractivity contribution in [1.29, 1.82) is 0 Å². The Bertz CT molecular complexity index is 1720. The molecule has 0 unspecified atom stereocenters. The third-order valence-corrected chi connectivity index (χ3v) is 9.64. The predicted octanol–water partition coefficient (Wildman–Crippen LogP) is 14.3. The average Bonchev–Trinajstić information content (AvgIpc) is 3.19. The summed E-state index contributed by atoms with van der Waals surface area (Å²) in [7, 11) is 0. The maximum absolute atomic E-state index is 6.33. The van der Waals surface area contributed by atoms with Gasteiger partial charge in [-0.1, -0.05) is 104 Å². The lowest BCUT2D eigenvalue weighted by Gasteiger charge is -2.26. The summed E-state index contributed by atoms with van der Waals surface area (Å²) in [4.78, 5) is 2.32. The topological polar surface area (TPSA) is 40.2 Å². The SMILES string of the molecule is CCCCOc1ccc(-c2ccc(N(c3ccc(-c4ccc(OCCCC)cc4OCCCC)cc3)c3ccc(C(C)C)cc3)cc2)c(OCCCC)c1. The van der Waals surface area contributed by atoms with Crippen LogP contribution in [0, 0.1) is 0 Å². The van der Waals surface area contributed by atoms with Crippen LogP contribution in [0.2, 0.25) is 0 Å². The normalized spacial score (nSPS) is 11.1. The van der Waals surface area contributed by atoms with E-state index in [1.165, 1.54) is 5.56 Å². The number of hydrogen-bond acceptors (Lipinski definition) is 5. The first-order chi connectivity index (χ1) is 26.4. The Labute approximate surface area is 325 Å². The number of anilines is 3. The van der Waals surface area contributed by atoms with E-state index in [9.17, 15) is 0 Å². The summed E-state index contributed by atoms with van der Waals surface area (Å²) in [5.74, 6) is 3.89. The second-order valence-electron chi connectivity index (χ2n) is 14.3. The first kappa shape index (κ1) is 40.3. The van der Waals surface area contributed by atoms with Gasteiger partial charge < -0.3 is 23.8 Å². The van der Waals surface area contributed by atoms with Crippen molar-refractivity contribution in [2.75, 3.05) is 31.3 Å². The van der Waals surface area contributed by atoms with Gasteiger partial charge in [-0.05, 0) is 109 Å². The number of unbranched alkanes of at least 4 members (excludes halogenated alkanes) is 4. The highest BCUT2D eigenvalue weighted by Gasteiger charge is 2.17. The Hall–Kier alpha value is -4.90. The molecule has 0 heterocycles. The molecule has 5 aromatic carbocycles. The van der Waals surface area contributed by atoms with Crippen LogP contribution in [-0.2, 0) is 0 Å². The fourth-order valence-corrected chi connectivity index (χ4v) is 6.26. The van der Waals surface area contributed by atoms with Crippen molar-refractivity contribution in [3.63, 3.8) is 0 Å². The lowest BCUT2D eigenvalue weighted by Crippen LogP contribution is -2.10. The van der Waals surface area contributed by atoms with Crippen molar-refractivity contribution in [2.24, 2.45) is 0 Å². The molecule has 0 fully saturated rings. The van der Waals surface area contributed by atoms with Crippen molar-refractivity contribution in [2.45, 2.75) is 98.8 Å². The van der Waals surface area contributed by atoms with Crippen LogP contribution in [0.25, 0.3) is 22.3 Å². The van der Waals surface area contributed by atoms with E-state index >= 15 is 0 Å². The monoisotopic (exact) mass is 727 g/mol. The fraction of sp³-hybridized carbons (Fsp3) is 0.388. The van der Waals surface area contributed by atoms with Crippen LogP contribution < -0.4 is 23.8 Å². The summed E-state index contributed by atoms with van der Waals surface area (Å²) in [6.45, 7) is 16.0. The van der Waals surface area contributed by atoms with E-state index in [0.717, 1.165) is 114 Å². The zero-order chi connectivity index (χ0) is 38.1. The Morgan fingerprint density at radius 3 is 1.13 bits per heavy atom. The molecule has 0 atom stereocenters. The zero-order valence-corrected chi connectivity index (χ0v) is 33.5. The van der Waals surface area contributed by atoms with E-state index in [2.05, 4.69) is 144 Å². The molecule has 286 valence electrons. The van der Waals surface area contributed by atoms with Crippen molar-refractivity contribution < 1.29 is 18.9 Å². The lowest BCUT2D eigenvalue weighted by atomic mass is 10.0. The molecule has 0 aliphatic heterocycles. The molecule has 0 aliphatic rings. The van der Waals surface area contributed by atoms with Crippen LogP contribution in [0.5, 0.6) is 23.0 Å². The molecule has 0 saturated carbocycles. The fourth-order valence-electron chi connectivity index (χ4n) is 6.26. The highest BCUT2D eigenvalue weighted by Crippen LogP contribution is 2.41.